The van der Waals surface area contributed by atoms with Crippen molar-refractivity contribution in [1.82, 2.24) is 5.32 Å². The molecule has 0 aromatic heterocycles. The summed E-state index contributed by atoms with van der Waals surface area (Å²) in [7, 11) is 0. The summed E-state index contributed by atoms with van der Waals surface area (Å²) in [6.07, 6.45) is -0.665. The molecule has 0 saturated heterocycles. The average molecular weight is 300 g/mol. The summed E-state index contributed by atoms with van der Waals surface area (Å²) < 4.78 is 10.1. The van der Waals surface area contributed by atoms with E-state index < -0.39 is 17.7 Å². The third-order valence-electron chi connectivity index (χ3n) is 2.14. The molecule has 0 atom stereocenters. The molecule has 1 aromatic carbocycles. The van der Waals surface area contributed by atoms with Crippen LogP contribution in [0, 0.1) is 6.92 Å². The first kappa shape index (κ1) is 16.3. The predicted octanol–water partition coefficient (Wildman–Crippen LogP) is 3.08. The van der Waals surface area contributed by atoms with Crippen LogP contribution >= 0.6 is 11.6 Å². The monoisotopic (exact) mass is 299 g/mol. The van der Waals surface area contributed by atoms with E-state index in [1.807, 2.05) is 0 Å². The molecule has 1 rings (SSSR count). The zero-order valence-electron chi connectivity index (χ0n) is 12.0. The highest BCUT2D eigenvalue weighted by Crippen LogP contribution is 2.21. The van der Waals surface area contributed by atoms with E-state index in [4.69, 9.17) is 21.1 Å². The maximum atomic E-state index is 11.6. The quantitative estimate of drug-likeness (QED) is 0.688. The molecule has 110 valence electrons. The fraction of sp³-hybridized carbons (Fsp3) is 0.429. The Morgan fingerprint density at radius 2 is 1.95 bits per heavy atom. The number of esters is 1. The third-order valence-corrected chi connectivity index (χ3v) is 2.37. The summed E-state index contributed by atoms with van der Waals surface area (Å²) in [6, 6.07) is 4.91. The normalized spacial score (nSPS) is 10.8. The van der Waals surface area contributed by atoms with Crippen molar-refractivity contribution in [2.45, 2.75) is 33.3 Å². The number of carbonyl (C=O) groups is 2. The van der Waals surface area contributed by atoms with Crippen molar-refractivity contribution in [3.63, 3.8) is 0 Å². The first-order valence-electron chi connectivity index (χ1n) is 6.11. The molecular weight excluding hydrogens is 282 g/mol. The SMILES string of the molecule is Cc1cc(Cl)ccc1OC(=O)CNC(=O)OC(C)(C)C. The summed E-state index contributed by atoms with van der Waals surface area (Å²) >= 11 is 5.80. The van der Waals surface area contributed by atoms with Crippen molar-refractivity contribution < 1.29 is 19.1 Å². The molecule has 0 aliphatic carbocycles. The Kier molecular flexibility index (Phi) is 5.39. The molecule has 0 aliphatic rings. The molecule has 1 N–H and O–H groups in total. The number of amides is 1. The molecule has 5 nitrogen and oxygen atoms in total. The Morgan fingerprint density at radius 1 is 1.30 bits per heavy atom. The first-order valence-corrected chi connectivity index (χ1v) is 6.49. The van der Waals surface area contributed by atoms with Gasteiger partial charge in [0.25, 0.3) is 0 Å². The molecule has 1 amide bonds. The van der Waals surface area contributed by atoms with E-state index in [1.54, 1.807) is 45.9 Å². The van der Waals surface area contributed by atoms with Gasteiger partial charge in [0, 0.05) is 5.02 Å². The van der Waals surface area contributed by atoms with Crippen LogP contribution < -0.4 is 10.1 Å². The summed E-state index contributed by atoms with van der Waals surface area (Å²) in [5, 5.41) is 2.89. The van der Waals surface area contributed by atoms with E-state index in [2.05, 4.69) is 5.32 Å². The summed E-state index contributed by atoms with van der Waals surface area (Å²) in [5.41, 5.74) is 0.129. The lowest BCUT2D eigenvalue weighted by Gasteiger charge is -2.19. The van der Waals surface area contributed by atoms with Gasteiger partial charge in [0.2, 0.25) is 0 Å². The Balaban J connectivity index is 2.46. The minimum atomic E-state index is -0.665. The molecule has 20 heavy (non-hydrogen) atoms. The van der Waals surface area contributed by atoms with E-state index in [0.717, 1.165) is 5.56 Å². The number of ether oxygens (including phenoxy) is 2. The van der Waals surface area contributed by atoms with Gasteiger partial charge in [0.15, 0.2) is 0 Å². The smallest absolute Gasteiger partial charge is 0.408 e. The minimum absolute atomic E-state index is 0.267. The zero-order chi connectivity index (χ0) is 15.3. The molecule has 0 unspecified atom stereocenters. The summed E-state index contributed by atoms with van der Waals surface area (Å²) in [6.45, 7) is 6.72. The Hall–Kier alpha value is -1.75. The fourth-order valence-corrected chi connectivity index (χ4v) is 1.57. The van der Waals surface area contributed by atoms with Gasteiger partial charge in [-0.3, -0.25) is 0 Å². The van der Waals surface area contributed by atoms with Crippen LogP contribution in [0.15, 0.2) is 18.2 Å². The van der Waals surface area contributed by atoms with Crippen LogP contribution in [-0.2, 0) is 9.53 Å². The molecule has 0 bridgehead atoms. The molecule has 0 saturated carbocycles. The van der Waals surface area contributed by atoms with Gasteiger partial charge in [0.05, 0.1) is 0 Å². The third kappa shape index (κ3) is 5.93. The van der Waals surface area contributed by atoms with E-state index in [0.29, 0.717) is 10.8 Å². The second-order valence-corrected chi connectivity index (χ2v) is 5.68. The van der Waals surface area contributed by atoms with Gasteiger partial charge >= 0.3 is 12.1 Å². The van der Waals surface area contributed by atoms with E-state index in [1.165, 1.54) is 0 Å². The maximum Gasteiger partial charge on any atom is 0.408 e. The molecule has 1 aromatic rings. The lowest BCUT2D eigenvalue weighted by atomic mass is 10.2. The molecule has 0 spiro atoms. The predicted molar refractivity (Wildman–Crippen MR) is 76.1 cm³/mol. The van der Waals surface area contributed by atoms with Crippen LogP contribution in [0.4, 0.5) is 4.79 Å². The van der Waals surface area contributed by atoms with Crippen LogP contribution in [0.2, 0.25) is 5.02 Å². The van der Waals surface area contributed by atoms with Crippen LogP contribution in [0.5, 0.6) is 5.75 Å². The summed E-state index contributed by atoms with van der Waals surface area (Å²) in [4.78, 5) is 23.0. The van der Waals surface area contributed by atoms with Gasteiger partial charge in [-0.1, -0.05) is 11.6 Å². The van der Waals surface area contributed by atoms with Crippen molar-refractivity contribution in [3.8, 4) is 5.75 Å². The maximum absolute atomic E-state index is 11.6. The van der Waals surface area contributed by atoms with E-state index in [9.17, 15) is 9.59 Å². The van der Waals surface area contributed by atoms with Crippen LogP contribution in [-0.4, -0.2) is 24.2 Å². The van der Waals surface area contributed by atoms with Crippen LogP contribution in [0.3, 0.4) is 0 Å². The number of benzene rings is 1. The van der Waals surface area contributed by atoms with Crippen molar-refractivity contribution in [1.29, 1.82) is 0 Å². The number of nitrogens with one attached hydrogen (secondary N) is 1. The Bertz CT molecular complexity index is 508. The number of rotatable bonds is 3. The summed E-state index contributed by atoms with van der Waals surface area (Å²) in [5.74, 6) is -0.174. The second kappa shape index (κ2) is 6.61. The molecule has 0 heterocycles. The highest BCUT2D eigenvalue weighted by molar-refractivity contribution is 6.30. The zero-order valence-corrected chi connectivity index (χ0v) is 12.7. The van der Waals surface area contributed by atoms with Gasteiger partial charge in [-0.15, -0.1) is 0 Å². The number of carbonyl (C=O) groups excluding carboxylic acids is 2. The topological polar surface area (TPSA) is 64.6 Å². The van der Waals surface area contributed by atoms with E-state index >= 15 is 0 Å². The highest BCUT2D eigenvalue weighted by Gasteiger charge is 2.17. The standard InChI is InChI=1S/C14H18ClNO4/c1-9-7-10(15)5-6-11(9)19-12(17)8-16-13(18)20-14(2,3)4/h5-7H,8H2,1-4H3,(H,16,18). The lowest BCUT2D eigenvalue weighted by Crippen LogP contribution is -2.36. The molecule has 6 heteroatoms. The Labute approximate surface area is 123 Å². The highest BCUT2D eigenvalue weighted by atomic mass is 35.5. The second-order valence-electron chi connectivity index (χ2n) is 5.24. The fourth-order valence-electron chi connectivity index (χ4n) is 1.34. The number of halogens is 1. The lowest BCUT2D eigenvalue weighted by molar-refractivity contribution is -0.133. The number of alkyl carbamates (subject to hydrolysis) is 1. The van der Waals surface area contributed by atoms with Crippen molar-refractivity contribution >= 4 is 23.7 Å². The number of hydrogen-bond donors (Lipinski definition) is 1. The van der Waals surface area contributed by atoms with Gasteiger partial charge < -0.3 is 14.8 Å². The minimum Gasteiger partial charge on any atom is -0.444 e. The first-order chi connectivity index (χ1) is 9.17. The molecular formula is C14H18ClNO4. The largest absolute Gasteiger partial charge is 0.444 e. The van der Waals surface area contributed by atoms with Gasteiger partial charge in [-0.25, -0.2) is 9.59 Å². The molecule has 0 aliphatic heterocycles. The van der Waals surface area contributed by atoms with Gasteiger partial charge in [-0.05, 0) is 51.5 Å². The van der Waals surface area contributed by atoms with Crippen molar-refractivity contribution in [3.05, 3.63) is 28.8 Å². The number of hydrogen-bond acceptors (Lipinski definition) is 4. The van der Waals surface area contributed by atoms with Crippen LogP contribution in [0.25, 0.3) is 0 Å². The van der Waals surface area contributed by atoms with Crippen molar-refractivity contribution in [2.75, 3.05) is 6.54 Å². The van der Waals surface area contributed by atoms with Crippen LogP contribution in [0.1, 0.15) is 26.3 Å². The molecule has 0 fully saturated rings. The van der Waals surface area contributed by atoms with E-state index in [-0.39, 0.29) is 6.54 Å². The van der Waals surface area contributed by atoms with Gasteiger partial charge in [-0.2, -0.15) is 0 Å². The number of aryl methyl sites for hydroxylation is 1. The average Bonchev–Trinajstić information content (AvgIpc) is 2.28. The van der Waals surface area contributed by atoms with Gasteiger partial charge in [0.1, 0.15) is 17.9 Å². The molecule has 0 radical (unpaired) electrons. The Morgan fingerprint density at radius 3 is 2.50 bits per heavy atom. The van der Waals surface area contributed by atoms with Crippen molar-refractivity contribution in [2.24, 2.45) is 0 Å².